The number of fused-ring (bicyclic) bond motifs is 1. The first kappa shape index (κ1) is 17.0. The zero-order valence-electron chi connectivity index (χ0n) is 14.2. The van der Waals surface area contributed by atoms with Gasteiger partial charge in [-0.15, -0.1) is 10.2 Å². The van der Waals surface area contributed by atoms with E-state index in [9.17, 15) is 4.79 Å². The van der Waals surface area contributed by atoms with Crippen molar-refractivity contribution in [2.45, 2.75) is 62.5 Å². The Morgan fingerprint density at radius 1 is 1.17 bits per heavy atom. The Kier molecular flexibility index (Phi) is 5.56. The first-order chi connectivity index (χ1) is 11.6. The Morgan fingerprint density at radius 2 is 1.96 bits per heavy atom. The summed E-state index contributed by atoms with van der Waals surface area (Å²) in [6.45, 7) is 4.89. The van der Waals surface area contributed by atoms with E-state index in [0.29, 0.717) is 0 Å². The van der Waals surface area contributed by atoms with E-state index in [1.165, 1.54) is 24.6 Å². The highest BCUT2D eigenvalue weighted by Crippen LogP contribution is 2.25. The lowest BCUT2D eigenvalue weighted by Crippen LogP contribution is -2.33. The number of hydrogen-bond acceptors (Lipinski definition) is 4. The lowest BCUT2D eigenvalue weighted by atomic mass is 10.1. The number of aryl methyl sites for hydroxylation is 1. The summed E-state index contributed by atoms with van der Waals surface area (Å²) in [5.74, 6) is 1.09. The minimum absolute atomic E-state index is 0.00253. The fourth-order valence-electron chi connectivity index (χ4n) is 2.91. The monoisotopic (exact) mass is 344 g/mol. The van der Waals surface area contributed by atoms with Gasteiger partial charge >= 0.3 is 0 Å². The summed E-state index contributed by atoms with van der Waals surface area (Å²) in [6.07, 6.45) is 4.55. The number of amides is 1. The smallest absolute Gasteiger partial charge is 0.233 e. The lowest BCUT2D eigenvalue weighted by molar-refractivity contribution is -0.120. The van der Waals surface area contributed by atoms with Gasteiger partial charge in [0.2, 0.25) is 5.91 Å². The molecular formula is C18H24N4OS. The molecule has 1 N–H and O–H groups in total. The quantitative estimate of drug-likeness (QED) is 0.845. The van der Waals surface area contributed by atoms with Crippen molar-refractivity contribution in [3.63, 3.8) is 0 Å². The Balaban J connectivity index is 1.61. The Morgan fingerprint density at radius 3 is 2.75 bits per heavy atom. The van der Waals surface area contributed by atoms with Crippen LogP contribution in [0.15, 0.2) is 35.5 Å². The van der Waals surface area contributed by atoms with Crippen LogP contribution in [0.2, 0.25) is 0 Å². The van der Waals surface area contributed by atoms with Crippen LogP contribution in [-0.4, -0.2) is 25.9 Å². The van der Waals surface area contributed by atoms with Crippen LogP contribution in [0.1, 0.15) is 50.5 Å². The number of carbonyl (C=O) groups excluding carboxylic acids is 1. The maximum atomic E-state index is 12.5. The van der Waals surface area contributed by atoms with Gasteiger partial charge in [-0.1, -0.05) is 48.5 Å². The second-order valence-corrected chi connectivity index (χ2v) is 7.57. The maximum absolute atomic E-state index is 12.5. The molecule has 0 saturated carbocycles. The Bertz CT molecular complexity index is 686. The summed E-state index contributed by atoms with van der Waals surface area (Å²) in [6, 6.07) is 10.0. The largest absolute Gasteiger partial charge is 0.349 e. The number of aromatic nitrogens is 3. The maximum Gasteiger partial charge on any atom is 0.233 e. The molecule has 6 heteroatoms. The molecule has 128 valence electrons. The minimum atomic E-state index is -0.201. The summed E-state index contributed by atoms with van der Waals surface area (Å²) in [5, 5.41) is 12.3. The van der Waals surface area contributed by atoms with Crippen molar-refractivity contribution in [2.24, 2.45) is 0 Å². The lowest BCUT2D eigenvalue weighted by Gasteiger charge is -2.17. The van der Waals surface area contributed by atoms with Crippen LogP contribution in [0.25, 0.3) is 0 Å². The number of nitrogens with one attached hydrogen (secondary N) is 1. The molecule has 2 atom stereocenters. The average molecular weight is 344 g/mol. The third-order valence-corrected chi connectivity index (χ3v) is 5.47. The van der Waals surface area contributed by atoms with Crippen LogP contribution in [0, 0.1) is 0 Å². The topological polar surface area (TPSA) is 59.8 Å². The van der Waals surface area contributed by atoms with E-state index in [4.69, 9.17) is 0 Å². The second-order valence-electron chi connectivity index (χ2n) is 6.26. The highest BCUT2D eigenvalue weighted by molar-refractivity contribution is 8.00. The van der Waals surface area contributed by atoms with Crippen LogP contribution >= 0.6 is 11.8 Å². The van der Waals surface area contributed by atoms with Crippen molar-refractivity contribution in [1.82, 2.24) is 20.1 Å². The highest BCUT2D eigenvalue weighted by atomic mass is 32.2. The van der Waals surface area contributed by atoms with Gasteiger partial charge in [0, 0.05) is 13.0 Å². The van der Waals surface area contributed by atoms with Gasteiger partial charge < -0.3 is 9.88 Å². The average Bonchev–Trinajstić information content (AvgIpc) is 2.82. The zero-order chi connectivity index (χ0) is 16.9. The zero-order valence-corrected chi connectivity index (χ0v) is 15.1. The van der Waals surface area contributed by atoms with Crippen molar-refractivity contribution in [3.05, 3.63) is 41.7 Å². The summed E-state index contributed by atoms with van der Waals surface area (Å²) < 4.78 is 2.18. The van der Waals surface area contributed by atoms with Gasteiger partial charge in [0.25, 0.3) is 0 Å². The number of benzene rings is 1. The SMILES string of the molecule is CC(Sc1nnc2n1CCCCC2)C(=O)NC(C)c1ccccc1. The highest BCUT2D eigenvalue weighted by Gasteiger charge is 2.22. The molecule has 2 heterocycles. The van der Waals surface area contributed by atoms with Crippen molar-refractivity contribution in [1.29, 1.82) is 0 Å². The van der Waals surface area contributed by atoms with Crippen molar-refractivity contribution < 1.29 is 4.79 Å². The van der Waals surface area contributed by atoms with E-state index in [1.54, 1.807) is 0 Å². The summed E-state index contributed by atoms with van der Waals surface area (Å²) in [4.78, 5) is 12.5. The van der Waals surface area contributed by atoms with Gasteiger partial charge in [0.15, 0.2) is 5.16 Å². The van der Waals surface area contributed by atoms with E-state index in [1.807, 2.05) is 44.2 Å². The molecular weight excluding hydrogens is 320 g/mol. The predicted molar refractivity (Wildman–Crippen MR) is 95.9 cm³/mol. The van der Waals surface area contributed by atoms with Crippen molar-refractivity contribution in [3.8, 4) is 0 Å². The first-order valence-corrected chi connectivity index (χ1v) is 9.47. The number of rotatable bonds is 5. The molecule has 0 radical (unpaired) electrons. The van der Waals surface area contributed by atoms with E-state index in [0.717, 1.165) is 35.9 Å². The fraction of sp³-hybridized carbons (Fsp3) is 0.500. The summed E-state index contributed by atoms with van der Waals surface area (Å²) in [7, 11) is 0. The molecule has 0 fully saturated rings. The molecule has 1 aromatic carbocycles. The summed E-state index contributed by atoms with van der Waals surface area (Å²) in [5.41, 5.74) is 1.11. The number of thioether (sulfide) groups is 1. The van der Waals surface area contributed by atoms with Gasteiger partial charge in [-0.25, -0.2) is 0 Å². The molecule has 1 aliphatic heterocycles. The van der Waals surface area contributed by atoms with Crippen LogP contribution in [0.4, 0.5) is 0 Å². The molecule has 3 rings (SSSR count). The second kappa shape index (κ2) is 7.83. The van der Waals surface area contributed by atoms with Gasteiger partial charge in [-0.3, -0.25) is 4.79 Å². The molecule has 0 bridgehead atoms. The number of carbonyl (C=O) groups is 1. The van der Waals surface area contributed by atoms with Gasteiger partial charge in [-0.05, 0) is 32.3 Å². The molecule has 2 unspecified atom stereocenters. The molecule has 0 spiro atoms. The molecule has 5 nitrogen and oxygen atoms in total. The molecule has 0 aliphatic carbocycles. The standard InChI is InChI=1S/C18H24N4OS/c1-13(15-9-5-3-6-10-15)19-17(23)14(2)24-18-21-20-16-11-7-4-8-12-22(16)18/h3,5-6,9-10,13-14H,4,7-8,11-12H2,1-2H3,(H,19,23). The van der Waals surface area contributed by atoms with Crippen LogP contribution in [0.5, 0.6) is 0 Å². The predicted octanol–water partition coefficient (Wildman–Crippen LogP) is 3.36. The normalized spacial score (nSPS) is 16.8. The van der Waals surface area contributed by atoms with E-state index in [2.05, 4.69) is 20.1 Å². The van der Waals surface area contributed by atoms with Crippen molar-refractivity contribution >= 4 is 17.7 Å². The minimum Gasteiger partial charge on any atom is -0.349 e. The van der Waals surface area contributed by atoms with Crippen LogP contribution in [0.3, 0.4) is 0 Å². The Labute approximate surface area is 147 Å². The van der Waals surface area contributed by atoms with Crippen LogP contribution < -0.4 is 5.32 Å². The molecule has 1 aromatic heterocycles. The van der Waals surface area contributed by atoms with Gasteiger partial charge in [0.05, 0.1) is 11.3 Å². The van der Waals surface area contributed by atoms with E-state index < -0.39 is 0 Å². The van der Waals surface area contributed by atoms with Crippen LogP contribution in [-0.2, 0) is 17.8 Å². The fourth-order valence-corrected chi connectivity index (χ4v) is 3.82. The van der Waals surface area contributed by atoms with E-state index >= 15 is 0 Å². The molecule has 2 aromatic rings. The molecule has 0 saturated heterocycles. The van der Waals surface area contributed by atoms with Gasteiger partial charge in [0.1, 0.15) is 5.82 Å². The third kappa shape index (κ3) is 3.98. The third-order valence-electron chi connectivity index (χ3n) is 4.39. The summed E-state index contributed by atoms with van der Waals surface area (Å²) >= 11 is 1.50. The molecule has 24 heavy (non-hydrogen) atoms. The number of nitrogens with zero attached hydrogens (tertiary/aromatic N) is 3. The molecule has 1 amide bonds. The van der Waals surface area contributed by atoms with Gasteiger partial charge in [-0.2, -0.15) is 0 Å². The number of hydrogen-bond donors (Lipinski definition) is 1. The Hall–Kier alpha value is -1.82. The first-order valence-electron chi connectivity index (χ1n) is 8.59. The van der Waals surface area contributed by atoms with Crippen molar-refractivity contribution in [2.75, 3.05) is 0 Å². The molecule has 1 aliphatic rings. The van der Waals surface area contributed by atoms with E-state index in [-0.39, 0.29) is 17.2 Å².